The first kappa shape index (κ1) is 8.54. The third-order valence-corrected chi connectivity index (χ3v) is 1.90. The fourth-order valence-electron chi connectivity index (χ4n) is 1.23. The summed E-state index contributed by atoms with van der Waals surface area (Å²) in [6, 6.07) is 0. The van der Waals surface area contributed by atoms with Gasteiger partial charge in [0, 0.05) is 0 Å². The molecule has 0 unspecified atom stereocenters. The van der Waals surface area contributed by atoms with Gasteiger partial charge < -0.3 is 4.74 Å². The van der Waals surface area contributed by atoms with Crippen LogP contribution in [0.2, 0.25) is 0 Å². The number of ether oxygens (including phenoxy) is 1. The molecule has 0 aromatic rings. The zero-order valence-electron chi connectivity index (χ0n) is 7.12. The van der Waals surface area contributed by atoms with Crippen LogP contribution in [0.15, 0.2) is 24.8 Å². The molecule has 0 radical (unpaired) electrons. The molecule has 1 aliphatic rings. The van der Waals surface area contributed by atoms with Crippen LogP contribution in [0.25, 0.3) is 0 Å². The summed E-state index contributed by atoms with van der Waals surface area (Å²) >= 11 is 0. The van der Waals surface area contributed by atoms with Gasteiger partial charge in [0.15, 0.2) is 0 Å². The van der Waals surface area contributed by atoms with Crippen LogP contribution in [0.5, 0.6) is 0 Å². The Labute approximate surface area is 68.8 Å². The number of hydrogen-bond acceptors (Lipinski definition) is 1. The molecule has 1 aliphatic heterocycles. The normalized spacial score (nSPS) is 29.2. The molecule has 1 fully saturated rings. The van der Waals surface area contributed by atoms with Crippen LogP contribution in [0, 0.1) is 0 Å². The second-order valence-electron chi connectivity index (χ2n) is 2.90. The first-order valence-electron chi connectivity index (χ1n) is 4.31. The lowest BCUT2D eigenvalue weighted by Gasteiger charge is -1.86. The maximum Gasteiger partial charge on any atom is 0.0876 e. The third-order valence-electron chi connectivity index (χ3n) is 1.90. The Morgan fingerprint density at radius 3 is 2.91 bits per heavy atom. The van der Waals surface area contributed by atoms with Crippen LogP contribution in [0.3, 0.4) is 0 Å². The molecule has 0 N–H and O–H groups in total. The average molecular weight is 152 g/mol. The second-order valence-corrected chi connectivity index (χ2v) is 2.90. The SMILES string of the molecule is C=C/C=C\C[C@@H]1O[C@@H]1CCC. The van der Waals surface area contributed by atoms with Crippen molar-refractivity contribution < 1.29 is 4.74 Å². The van der Waals surface area contributed by atoms with E-state index in [1.54, 1.807) is 6.08 Å². The van der Waals surface area contributed by atoms with Gasteiger partial charge >= 0.3 is 0 Å². The van der Waals surface area contributed by atoms with E-state index in [0.717, 1.165) is 6.42 Å². The van der Waals surface area contributed by atoms with E-state index in [-0.39, 0.29) is 0 Å². The Balaban J connectivity index is 2.03. The molecule has 0 amide bonds. The van der Waals surface area contributed by atoms with Crippen LogP contribution in [-0.2, 0) is 4.74 Å². The molecule has 1 saturated heterocycles. The molecule has 0 aliphatic carbocycles. The van der Waals surface area contributed by atoms with E-state index in [1.807, 2.05) is 6.08 Å². The van der Waals surface area contributed by atoms with Gasteiger partial charge in [-0.3, -0.25) is 0 Å². The van der Waals surface area contributed by atoms with Crippen molar-refractivity contribution in [3.63, 3.8) is 0 Å². The van der Waals surface area contributed by atoms with Gasteiger partial charge in [-0.1, -0.05) is 38.2 Å². The van der Waals surface area contributed by atoms with Gasteiger partial charge in [-0.2, -0.15) is 0 Å². The van der Waals surface area contributed by atoms with Crippen molar-refractivity contribution in [2.45, 2.75) is 38.4 Å². The molecule has 1 heterocycles. The zero-order valence-corrected chi connectivity index (χ0v) is 7.12. The second kappa shape index (κ2) is 4.35. The first-order chi connectivity index (χ1) is 5.38. The van der Waals surface area contributed by atoms with E-state index < -0.39 is 0 Å². The summed E-state index contributed by atoms with van der Waals surface area (Å²) in [6.45, 7) is 5.80. The minimum atomic E-state index is 0.506. The van der Waals surface area contributed by atoms with Crippen LogP contribution in [-0.4, -0.2) is 12.2 Å². The third kappa shape index (κ3) is 2.89. The quantitative estimate of drug-likeness (QED) is 0.436. The highest BCUT2D eigenvalue weighted by molar-refractivity contribution is 5.01. The van der Waals surface area contributed by atoms with Crippen LogP contribution in [0.1, 0.15) is 26.2 Å². The molecule has 1 heteroatoms. The Kier molecular flexibility index (Phi) is 3.37. The van der Waals surface area contributed by atoms with Crippen molar-refractivity contribution in [3.05, 3.63) is 24.8 Å². The molecular formula is C10H16O. The molecular weight excluding hydrogens is 136 g/mol. The van der Waals surface area contributed by atoms with Gasteiger partial charge in [-0.25, -0.2) is 0 Å². The number of allylic oxidation sites excluding steroid dienone is 2. The van der Waals surface area contributed by atoms with Crippen molar-refractivity contribution in [2.24, 2.45) is 0 Å². The molecule has 0 saturated carbocycles. The van der Waals surface area contributed by atoms with Crippen LogP contribution < -0.4 is 0 Å². The van der Waals surface area contributed by atoms with E-state index in [0.29, 0.717) is 12.2 Å². The lowest BCUT2D eigenvalue weighted by molar-refractivity contribution is 0.362. The van der Waals surface area contributed by atoms with Gasteiger partial charge in [-0.15, -0.1) is 0 Å². The predicted molar refractivity (Wildman–Crippen MR) is 47.5 cm³/mol. The summed E-state index contributed by atoms with van der Waals surface area (Å²) < 4.78 is 5.42. The maximum absolute atomic E-state index is 5.42. The molecule has 0 spiro atoms. The van der Waals surface area contributed by atoms with Crippen LogP contribution in [0.4, 0.5) is 0 Å². The predicted octanol–water partition coefficient (Wildman–Crippen LogP) is 2.69. The zero-order chi connectivity index (χ0) is 8.10. The summed E-state index contributed by atoms with van der Waals surface area (Å²) in [5.74, 6) is 0. The Morgan fingerprint density at radius 1 is 1.45 bits per heavy atom. The van der Waals surface area contributed by atoms with E-state index in [2.05, 4.69) is 19.6 Å². The minimum Gasteiger partial charge on any atom is -0.369 e. The molecule has 0 aromatic carbocycles. The van der Waals surface area contributed by atoms with E-state index in [9.17, 15) is 0 Å². The van der Waals surface area contributed by atoms with E-state index in [4.69, 9.17) is 4.74 Å². The first-order valence-corrected chi connectivity index (χ1v) is 4.31. The molecule has 0 aromatic heterocycles. The van der Waals surface area contributed by atoms with Gasteiger partial charge in [0.25, 0.3) is 0 Å². The largest absolute Gasteiger partial charge is 0.369 e. The van der Waals surface area contributed by atoms with Crippen molar-refractivity contribution in [2.75, 3.05) is 0 Å². The fourth-order valence-corrected chi connectivity index (χ4v) is 1.23. The Hall–Kier alpha value is -0.560. The van der Waals surface area contributed by atoms with Crippen molar-refractivity contribution in [1.82, 2.24) is 0 Å². The topological polar surface area (TPSA) is 12.5 Å². The molecule has 1 nitrogen and oxygen atoms in total. The highest BCUT2D eigenvalue weighted by Crippen LogP contribution is 2.29. The lowest BCUT2D eigenvalue weighted by Crippen LogP contribution is -1.90. The van der Waals surface area contributed by atoms with Gasteiger partial charge in [0.1, 0.15) is 0 Å². The number of hydrogen-bond donors (Lipinski definition) is 0. The summed E-state index contributed by atoms with van der Waals surface area (Å²) in [5.41, 5.74) is 0. The van der Waals surface area contributed by atoms with E-state index >= 15 is 0 Å². The van der Waals surface area contributed by atoms with Crippen molar-refractivity contribution in [1.29, 1.82) is 0 Å². The average Bonchev–Trinajstić information content (AvgIpc) is 2.70. The fraction of sp³-hybridized carbons (Fsp3) is 0.600. The molecule has 0 bridgehead atoms. The summed E-state index contributed by atoms with van der Waals surface area (Å²) in [5, 5.41) is 0. The Morgan fingerprint density at radius 2 is 2.27 bits per heavy atom. The Bertz CT molecular complexity index is 149. The molecule has 2 atom stereocenters. The number of epoxide rings is 1. The standard InChI is InChI=1S/C10H16O/c1-3-5-6-8-10-9(11-10)7-4-2/h3,5-6,9-10H,1,4,7-8H2,2H3/b6-5-/t9-,10+/m1/s1. The van der Waals surface area contributed by atoms with Crippen molar-refractivity contribution in [3.8, 4) is 0 Å². The summed E-state index contributed by atoms with van der Waals surface area (Å²) in [7, 11) is 0. The lowest BCUT2D eigenvalue weighted by atomic mass is 10.1. The maximum atomic E-state index is 5.42. The van der Waals surface area contributed by atoms with E-state index in [1.165, 1.54) is 12.8 Å². The molecule has 11 heavy (non-hydrogen) atoms. The highest BCUT2D eigenvalue weighted by Gasteiger charge is 2.35. The number of rotatable bonds is 5. The van der Waals surface area contributed by atoms with Crippen LogP contribution >= 0.6 is 0 Å². The van der Waals surface area contributed by atoms with Gasteiger partial charge in [0.2, 0.25) is 0 Å². The molecule has 62 valence electrons. The smallest absolute Gasteiger partial charge is 0.0876 e. The molecule has 1 rings (SSSR count). The summed E-state index contributed by atoms with van der Waals surface area (Å²) in [4.78, 5) is 0. The highest BCUT2D eigenvalue weighted by atomic mass is 16.6. The van der Waals surface area contributed by atoms with Gasteiger partial charge in [0.05, 0.1) is 12.2 Å². The summed E-state index contributed by atoms with van der Waals surface area (Å²) in [6.07, 6.45) is 10.4. The van der Waals surface area contributed by atoms with Crippen molar-refractivity contribution >= 4 is 0 Å². The monoisotopic (exact) mass is 152 g/mol. The minimum absolute atomic E-state index is 0.506. The van der Waals surface area contributed by atoms with Gasteiger partial charge in [-0.05, 0) is 12.8 Å².